The fraction of sp³-hybridized carbons (Fsp3) is 0.259. The number of carbonyl (C=O) groups excluding carboxylic acids is 2. The lowest BCUT2D eigenvalue weighted by Gasteiger charge is -2.24. The van der Waals surface area contributed by atoms with Crippen LogP contribution in [0.15, 0.2) is 78.9 Å². The summed E-state index contributed by atoms with van der Waals surface area (Å²) >= 11 is 0. The van der Waals surface area contributed by atoms with Gasteiger partial charge < -0.3 is 10.1 Å². The average Bonchev–Trinajstić information content (AvgIpc) is 2.80. The summed E-state index contributed by atoms with van der Waals surface area (Å²) in [7, 11) is 0. The maximum Gasteiger partial charge on any atom is 0.315 e. The molecule has 3 rings (SSSR count). The Morgan fingerprint density at radius 1 is 0.903 bits per heavy atom. The monoisotopic (exact) mass is 415 g/mol. The summed E-state index contributed by atoms with van der Waals surface area (Å²) < 4.78 is 5.28. The highest BCUT2D eigenvalue weighted by Crippen LogP contribution is 2.31. The zero-order valence-electron chi connectivity index (χ0n) is 18.4. The Labute approximate surface area is 184 Å². The van der Waals surface area contributed by atoms with Gasteiger partial charge in [-0.3, -0.25) is 9.59 Å². The Hall–Kier alpha value is -3.24. The van der Waals surface area contributed by atoms with E-state index in [9.17, 15) is 9.59 Å². The Morgan fingerprint density at radius 2 is 1.55 bits per heavy atom. The lowest BCUT2D eigenvalue weighted by molar-refractivity contribution is -0.148. The van der Waals surface area contributed by atoms with Gasteiger partial charge in [-0.05, 0) is 43.0 Å². The molecule has 0 radical (unpaired) electrons. The van der Waals surface area contributed by atoms with Crippen molar-refractivity contribution in [2.24, 2.45) is 0 Å². The molecule has 0 spiro atoms. The second-order valence-corrected chi connectivity index (χ2v) is 7.98. The standard InChI is InChI=1S/C27H29NO3/c1-4-31-26(30)27(2,3)23-15-16-24(20-11-7-5-8-12-20)22(17-23)18-28-19-25(29)21-13-9-6-10-14-21/h5-17,28H,4,18-19H2,1-3H3. The predicted molar refractivity (Wildman–Crippen MR) is 124 cm³/mol. The minimum atomic E-state index is -0.764. The van der Waals surface area contributed by atoms with E-state index in [1.165, 1.54) is 0 Å². The van der Waals surface area contributed by atoms with Crippen molar-refractivity contribution < 1.29 is 14.3 Å². The van der Waals surface area contributed by atoms with Crippen LogP contribution in [0.4, 0.5) is 0 Å². The second kappa shape index (κ2) is 10.2. The van der Waals surface area contributed by atoms with Crippen LogP contribution in [0.1, 0.15) is 42.3 Å². The summed E-state index contributed by atoms with van der Waals surface area (Å²) in [5.74, 6) is -0.203. The average molecular weight is 416 g/mol. The normalized spacial score (nSPS) is 11.2. The van der Waals surface area contributed by atoms with Crippen LogP contribution in [0.2, 0.25) is 0 Å². The smallest absolute Gasteiger partial charge is 0.315 e. The molecule has 0 heterocycles. The molecule has 4 heteroatoms. The van der Waals surface area contributed by atoms with E-state index < -0.39 is 5.41 Å². The SMILES string of the molecule is CCOC(=O)C(C)(C)c1ccc(-c2ccccc2)c(CNCC(=O)c2ccccc2)c1. The molecule has 4 nitrogen and oxygen atoms in total. The predicted octanol–water partition coefficient (Wildman–Crippen LogP) is 5.17. The molecule has 0 atom stereocenters. The summed E-state index contributed by atoms with van der Waals surface area (Å²) in [6, 6.07) is 25.4. The van der Waals surface area contributed by atoms with Gasteiger partial charge in [0.15, 0.2) is 5.78 Å². The molecule has 0 saturated heterocycles. The number of ether oxygens (including phenoxy) is 1. The zero-order chi connectivity index (χ0) is 22.3. The lowest BCUT2D eigenvalue weighted by Crippen LogP contribution is -2.31. The number of carbonyl (C=O) groups is 2. The fourth-order valence-corrected chi connectivity index (χ4v) is 3.49. The van der Waals surface area contributed by atoms with E-state index in [1.807, 2.05) is 87.5 Å². The van der Waals surface area contributed by atoms with Crippen molar-refractivity contribution in [1.82, 2.24) is 5.32 Å². The summed E-state index contributed by atoms with van der Waals surface area (Å²) in [6.07, 6.45) is 0. The molecule has 0 fully saturated rings. The molecule has 0 amide bonds. The van der Waals surface area contributed by atoms with E-state index in [0.29, 0.717) is 18.7 Å². The van der Waals surface area contributed by atoms with E-state index in [2.05, 4.69) is 17.4 Å². The molecule has 1 N–H and O–H groups in total. The number of hydrogen-bond acceptors (Lipinski definition) is 4. The van der Waals surface area contributed by atoms with Crippen LogP contribution in [0.5, 0.6) is 0 Å². The quantitative estimate of drug-likeness (QED) is 0.387. The summed E-state index contributed by atoms with van der Waals surface area (Å²) in [5, 5.41) is 3.28. The molecule has 3 aromatic carbocycles. The van der Waals surface area contributed by atoms with Crippen molar-refractivity contribution in [3.05, 3.63) is 95.6 Å². The minimum Gasteiger partial charge on any atom is -0.465 e. The van der Waals surface area contributed by atoms with E-state index in [4.69, 9.17) is 4.74 Å². The van der Waals surface area contributed by atoms with Gasteiger partial charge in [0.2, 0.25) is 0 Å². The number of nitrogens with one attached hydrogen (secondary N) is 1. The van der Waals surface area contributed by atoms with E-state index in [0.717, 1.165) is 22.3 Å². The minimum absolute atomic E-state index is 0.0462. The van der Waals surface area contributed by atoms with Gasteiger partial charge in [0.1, 0.15) is 0 Å². The van der Waals surface area contributed by atoms with E-state index in [1.54, 1.807) is 0 Å². The third-order valence-corrected chi connectivity index (χ3v) is 5.39. The van der Waals surface area contributed by atoms with Crippen molar-refractivity contribution in [2.75, 3.05) is 13.2 Å². The molecule has 160 valence electrons. The molecular weight excluding hydrogens is 386 g/mol. The van der Waals surface area contributed by atoms with E-state index in [-0.39, 0.29) is 18.3 Å². The van der Waals surface area contributed by atoms with Crippen LogP contribution in [0, 0.1) is 0 Å². The topological polar surface area (TPSA) is 55.4 Å². The first-order chi connectivity index (χ1) is 14.9. The lowest BCUT2D eigenvalue weighted by atomic mass is 9.82. The van der Waals surface area contributed by atoms with Gasteiger partial charge in [-0.2, -0.15) is 0 Å². The van der Waals surface area contributed by atoms with Crippen LogP contribution in [-0.4, -0.2) is 24.9 Å². The van der Waals surface area contributed by atoms with Crippen LogP contribution in [0.3, 0.4) is 0 Å². The molecule has 0 aliphatic rings. The molecule has 0 aromatic heterocycles. The molecule has 31 heavy (non-hydrogen) atoms. The van der Waals surface area contributed by atoms with Gasteiger partial charge in [0.25, 0.3) is 0 Å². The van der Waals surface area contributed by atoms with Gasteiger partial charge in [0.05, 0.1) is 18.6 Å². The third kappa shape index (κ3) is 5.47. The van der Waals surface area contributed by atoms with Gasteiger partial charge in [-0.1, -0.05) is 78.9 Å². The highest BCUT2D eigenvalue weighted by atomic mass is 16.5. The summed E-state index contributed by atoms with van der Waals surface area (Å²) in [5.41, 5.74) is 4.01. The van der Waals surface area contributed by atoms with Crippen molar-refractivity contribution in [2.45, 2.75) is 32.7 Å². The maximum absolute atomic E-state index is 12.5. The van der Waals surface area contributed by atoms with Crippen molar-refractivity contribution in [3.63, 3.8) is 0 Å². The first-order valence-electron chi connectivity index (χ1n) is 10.6. The number of benzene rings is 3. The third-order valence-electron chi connectivity index (χ3n) is 5.39. The Bertz CT molecular complexity index is 1030. The summed E-state index contributed by atoms with van der Waals surface area (Å²) in [6.45, 7) is 6.66. The number of ketones is 1. The first-order valence-corrected chi connectivity index (χ1v) is 10.6. The molecular formula is C27H29NO3. The van der Waals surface area contributed by atoms with Gasteiger partial charge in [-0.15, -0.1) is 0 Å². The molecule has 0 unspecified atom stereocenters. The Morgan fingerprint density at radius 3 is 2.19 bits per heavy atom. The summed E-state index contributed by atoms with van der Waals surface area (Å²) in [4.78, 5) is 25.0. The second-order valence-electron chi connectivity index (χ2n) is 7.98. The van der Waals surface area contributed by atoms with Crippen LogP contribution >= 0.6 is 0 Å². The number of Topliss-reactive ketones (excluding diaryl/α,β-unsaturated/α-hetero) is 1. The van der Waals surface area contributed by atoms with Crippen molar-refractivity contribution in [3.8, 4) is 11.1 Å². The van der Waals surface area contributed by atoms with Gasteiger partial charge >= 0.3 is 5.97 Å². The molecule has 0 aliphatic carbocycles. The fourth-order valence-electron chi connectivity index (χ4n) is 3.49. The molecule has 3 aromatic rings. The molecule has 0 bridgehead atoms. The highest BCUT2D eigenvalue weighted by molar-refractivity contribution is 5.97. The molecule has 0 saturated carbocycles. The van der Waals surface area contributed by atoms with Crippen LogP contribution < -0.4 is 5.32 Å². The van der Waals surface area contributed by atoms with Crippen LogP contribution in [-0.2, 0) is 21.5 Å². The highest BCUT2D eigenvalue weighted by Gasteiger charge is 2.31. The Balaban J connectivity index is 1.86. The van der Waals surface area contributed by atoms with Crippen molar-refractivity contribution >= 4 is 11.8 Å². The molecule has 0 aliphatic heterocycles. The number of hydrogen-bond donors (Lipinski definition) is 1. The van der Waals surface area contributed by atoms with E-state index >= 15 is 0 Å². The first kappa shape index (κ1) is 22.4. The zero-order valence-corrected chi connectivity index (χ0v) is 18.4. The number of rotatable bonds is 9. The van der Waals surface area contributed by atoms with Gasteiger partial charge in [0, 0.05) is 12.1 Å². The Kier molecular flexibility index (Phi) is 7.37. The maximum atomic E-state index is 12.5. The van der Waals surface area contributed by atoms with Crippen molar-refractivity contribution in [1.29, 1.82) is 0 Å². The van der Waals surface area contributed by atoms with Gasteiger partial charge in [-0.25, -0.2) is 0 Å². The number of esters is 1. The largest absolute Gasteiger partial charge is 0.465 e. The van der Waals surface area contributed by atoms with Crippen LogP contribution in [0.25, 0.3) is 11.1 Å².